The molecule has 6 nitrogen and oxygen atoms in total. The van der Waals surface area contributed by atoms with E-state index in [1.807, 2.05) is 10.7 Å². The predicted molar refractivity (Wildman–Crippen MR) is 118 cm³/mol. The first kappa shape index (κ1) is 19.3. The third kappa shape index (κ3) is 3.34. The number of piperidine rings is 1. The van der Waals surface area contributed by atoms with Gasteiger partial charge in [-0.05, 0) is 63.9 Å². The van der Waals surface area contributed by atoms with Crippen LogP contribution in [0, 0.1) is 5.92 Å². The smallest absolute Gasteiger partial charge is 0.233 e. The number of amides is 1. The van der Waals surface area contributed by atoms with E-state index in [1.165, 1.54) is 40.4 Å². The molecule has 4 heterocycles. The topological polar surface area (TPSA) is 63.4 Å². The van der Waals surface area contributed by atoms with E-state index >= 15 is 0 Å². The number of thioether (sulfide) groups is 1. The van der Waals surface area contributed by atoms with Crippen LogP contribution in [0.2, 0.25) is 0 Å². The van der Waals surface area contributed by atoms with Crippen LogP contribution < -0.4 is 0 Å². The lowest BCUT2D eigenvalue weighted by Gasteiger charge is -2.39. The van der Waals surface area contributed by atoms with Crippen molar-refractivity contribution in [3.8, 4) is 0 Å². The summed E-state index contributed by atoms with van der Waals surface area (Å²) < 4.78 is 1.97. The molecule has 0 spiro atoms. The molecular weight excluding hydrogens is 402 g/mol. The molecule has 2 aliphatic rings. The number of carbonyl (C=O) groups is 1. The van der Waals surface area contributed by atoms with Gasteiger partial charge in [0.2, 0.25) is 5.91 Å². The summed E-state index contributed by atoms with van der Waals surface area (Å²) >= 11 is 3.28. The summed E-state index contributed by atoms with van der Waals surface area (Å²) in [4.78, 5) is 22.2. The number of rotatable bonds is 3. The average Bonchev–Trinajstić information content (AvgIpc) is 3.26. The summed E-state index contributed by atoms with van der Waals surface area (Å²) in [6.45, 7) is 6.64. The van der Waals surface area contributed by atoms with Crippen molar-refractivity contribution < 1.29 is 4.79 Å². The molecule has 0 aromatic carbocycles. The van der Waals surface area contributed by atoms with Crippen molar-refractivity contribution in [1.82, 2.24) is 24.5 Å². The van der Waals surface area contributed by atoms with Crippen LogP contribution in [0.25, 0.3) is 15.9 Å². The second-order valence-corrected chi connectivity index (χ2v) is 10.7. The lowest BCUT2D eigenvalue weighted by atomic mass is 9.89. The molecule has 5 rings (SSSR count). The highest BCUT2D eigenvalue weighted by Crippen LogP contribution is 2.39. The molecule has 0 radical (unpaired) electrons. The van der Waals surface area contributed by atoms with E-state index < -0.39 is 0 Å². The van der Waals surface area contributed by atoms with Gasteiger partial charge in [-0.2, -0.15) is 0 Å². The second kappa shape index (κ2) is 7.54. The molecule has 1 aliphatic carbocycles. The fourth-order valence-corrected chi connectivity index (χ4v) is 7.05. The lowest BCUT2D eigenvalue weighted by Crippen LogP contribution is -2.48. The average molecular weight is 430 g/mol. The Kier molecular flexibility index (Phi) is 5.02. The van der Waals surface area contributed by atoms with Crippen molar-refractivity contribution in [1.29, 1.82) is 0 Å². The zero-order valence-electron chi connectivity index (χ0n) is 17.2. The van der Waals surface area contributed by atoms with Gasteiger partial charge >= 0.3 is 0 Å². The van der Waals surface area contributed by atoms with Crippen LogP contribution in [0.5, 0.6) is 0 Å². The summed E-state index contributed by atoms with van der Waals surface area (Å²) in [5.41, 5.74) is 2.30. The second-order valence-electron chi connectivity index (χ2n) is 8.67. The van der Waals surface area contributed by atoms with E-state index in [0.717, 1.165) is 47.2 Å². The van der Waals surface area contributed by atoms with Crippen LogP contribution in [0.4, 0.5) is 0 Å². The van der Waals surface area contributed by atoms with Gasteiger partial charge in [0.25, 0.3) is 0 Å². The monoisotopic (exact) mass is 429 g/mol. The minimum Gasteiger partial charge on any atom is -0.337 e. The first-order valence-electron chi connectivity index (χ1n) is 10.6. The molecule has 29 heavy (non-hydrogen) atoms. The van der Waals surface area contributed by atoms with Crippen LogP contribution in [0.3, 0.4) is 0 Å². The SMILES string of the molecule is C[C@H]1CCc2c(sc3ncn4c(SCC(=O)N5[C@H](C)CCC[C@@H]5C)nnc4c23)C1. The van der Waals surface area contributed by atoms with E-state index in [0.29, 0.717) is 17.8 Å². The van der Waals surface area contributed by atoms with Crippen molar-refractivity contribution in [2.75, 3.05) is 5.75 Å². The zero-order valence-corrected chi connectivity index (χ0v) is 18.9. The Balaban J connectivity index is 1.41. The summed E-state index contributed by atoms with van der Waals surface area (Å²) in [5, 5.41) is 10.8. The van der Waals surface area contributed by atoms with Crippen LogP contribution in [0.15, 0.2) is 11.5 Å². The molecule has 0 bridgehead atoms. The molecule has 3 aromatic heterocycles. The Morgan fingerprint density at radius 1 is 1.21 bits per heavy atom. The van der Waals surface area contributed by atoms with Gasteiger partial charge < -0.3 is 4.90 Å². The van der Waals surface area contributed by atoms with Gasteiger partial charge in [0.15, 0.2) is 10.8 Å². The van der Waals surface area contributed by atoms with Gasteiger partial charge in [-0.3, -0.25) is 9.20 Å². The number of fused-ring (bicyclic) bond motifs is 5. The molecule has 1 fully saturated rings. The van der Waals surface area contributed by atoms with E-state index in [-0.39, 0.29) is 5.91 Å². The van der Waals surface area contributed by atoms with E-state index in [1.54, 1.807) is 11.3 Å². The summed E-state index contributed by atoms with van der Waals surface area (Å²) in [5.74, 6) is 1.33. The number of aromatic nitrogens is 4. The Morgan fingerprint density at radius 2 is 2.00 bits per heavy atom. The molecule has 3 aromatic rings. The maximum atomic E-state index is 12.9. The van der Waals surface area contributed by atoms with Gasteiger partial charge in [-0.25, -0.2) is 4.98 Å². The summed E-state index contributed by atoms with van der Waals surface area (Å²) in [6, 6.07) is 0.644. The summed E-state index contributed by atoms with van der Waals surface area (Å²) in [7, 11) is 0. The Bertz CT molecular complexity index is 1060. The summed E-state index contributed by atoms with van der Waals surface area (Å²) in [6.07, 6.45) is 8.67. The van der Waals surface area contributed by atoms with Gasteiger partial charge in [-0.15, -0.1) is 21.5 Å². The van der Waals surface area contributed by atoms with E-state index in [2.05, 4.69) is 35.9 Å². The fourth-order valence-electron chi connectivity index (χ4n) is 4.93. The number of hydrogen-bond acceptors (Lipinski definition) is 6. The number of nitrogens with zero attached hydrogens (tertiary/aromatic N) is 5. The molecule has 1 amide bonds. The number of carbonyl (C=O) groups excluding carboxylic acids is 1. The van der Waals surface area contributed by atoms with Crippen molar-refractivity contribution >= 4 is 44.9 Å². The van der Waals surface area contributed by atoms with Gasteiger partial charge in [-0.1, -0.05) is 18.7 Å². The van der Waals surface area contributed by atoms with Crippen LogP contribution in [-0.2, 0) is 17.6 Å². The largest absolute Gasteiger partial charge is 0.337 e. The number of likely N-dealkylation sites (tertiary alicyclic amines) is 1. The Hall–Kier alpha value is -1.67. The van der Waals surface area contributed by atoms with Crippen molar-refractivity contribution in [2.45, 2.75) is 76.5 Å². The molecule has 154 valence electrons. The third-order valence-electron chi connectivity index (χ3n) is 6.48. The standard InChI is InChI=1S/C21H27N5OS2/c1-12-7-8-15-16(9-12)29-20-18(15)19-23-24-21(25(19)11-22-20)28-10-17(27)26-13(2)5-4-6-14(26)3/h11-14H,4-10H2,1-3H3/t12-,13-,14+/m0/s1. The van der Waals surface area contributed by atoms with E-state index in [4.69, 9.17) is 4.98 Å². The highest BCUT2D eigenvalue weighted by atomic mass is 32.2. The molecule has 3 atom stereocenters. The van der Waals surface area contributed by atoms with Crippen molar-refractivity contribution in [2.24, 2.45) is 5.92 Å². The lowest BCUT2D eigenvalue weighted by molar-refractivity contribution is -0.134. The Morgan fingerprint density at radius 3 is 2.79 bits per heavy atom. The fraction of sp³-hybridized carbons (Fsp3) is 0.619. The number of aryl methyl sites for hydroxylation is 1. The van der Waals surface area contributed by atoms with Crippen LogP contribution in [-0.4, -0.2) is 48.2 Å². The first-order valence-corrected chi connectivity index (χ1v) is 12.4. The quantitative estimate of drug-likeness (QED) is 0.579. The highest BCUT2D eigenvalue weighted by molar-refractivity contribution is 7.99. The number of hydrogen-bond donors (Lipinski definition) is 0. The molecular formula is C21H27N5OS2. The zero-order chi connectivity index (χ0) is 20.1. The normalized spacial score (nSPS) is 24.9. The first-order chi connectivity index (χ1) is 14.0. The predicted octanol–water partition coefficient (Wildman–Crippen LogP) is 4.35. The maximum absolute atomic E-state index is 12.9. The van der Waals surface area contributed by atoms with Crippen LogP contribution >= 0.6 is 23.1 Å². The minimum absolute atomic E-state index is 0.197. The molecule has 0 saturated carbocycles. The van der Waals surface area contributed by atoms with Gasteiger partial charge in [0.1, 0.15) is 11.2 Å². The third-order valence-corrected chi connectivity index (χ3v) is 8.57. The van der Waals surface area contributed by atoms with Gasteiger partial charge in [0, 0.05) is 17.0 Å². The Labute approximate surface area is 179 Å². The molecule has 1 aliphatic heterocycles. The van der Waals surface area contributed by atoms with Crippen LogP contribution in [0.1, 0.15) is 56.9 Å². The molecule has 0 N–H and O–H groups in total. The highest BCUT2D eigenvalue weighted by Gasteiger charge is 2.29. The van der Waals surface area contributed by atoms with Gasteiger partial charge in [0.05, 0.1) is 11.1 Å². The van der Waals surface area contributed by atoms with Crippen molar-refractivity contribution in [3.63, 3.8) is 0 Å². The molecule has 1 saturated heterocycles. The molecule has 0 unspecified atom stereocenters. The van der Waals surface area contributed by atoms with Crippen molar-refractivity contribution in [3.05, 3.63) is 16.8 Å². The minimum atomic E-state index is 0.197. The molecule has 8 heteroatoms. The maximum Gasteiger partial charge on any atom is 0.233 e. The number of thiophene rings is 1. The van der Waals surface area contributed by atoms with E-state index in [9.17, 15) is 4.79 Å².